The van der Waals surface area contributed by atoms with Gasteiger partial charge in [0.15, 0.2) is 5.89 Å². The molecule has 1 aliphatic heterocycles. The van der Waals surface area contributed by atoms with Crippen LogP contribution in [0.2, 0.25) is 0 Å². The summed E-state index contributed by atoms with van der Waals surface area (Å²) in [5.41, 5.74) is 7.66. The number of halogens is 1. The molecule has 8 heteroatoms. The first kappa shape index (κ1) is 18.4. The highest BCUT2D eigenvalue weighted by Crippen LogP contribution is 2.39. The van der Waals surface area contributed by atoms with Gasteiger partial charge in [0.1, 0.15) is 12.0 Å². The third-order valence-electron chi connectivity index (χ3n) is 5.29. The maximum atomic E-state index is 12.9. The summed E-state index contributed by atoms with van der Waals surface area (Å²) in [5, 5.41) is 0. The zero-order valence-corrected chi connectivity index (χ0v) is 15.6. The van der Waals surface area contributed by atoms with Gasteiger partial charge < -0.3 is 10.2 Å². The van der Waals surface area contributed by atoms with Crippen LogP contribution in [0.5, 0.6) is 0 Å². The fraction of sp³-hybridized carbons (Fsp3) is 0.471. The number of aryl methyl sites for hydroxylation is 1. The summed E-state index contributed by atoms with van der Waals surface area (Å²) >= 11 is 0. The average Bonchev–Trinajstić information content (AvgIpc) is 3.26. The smallest absolute Gasteiger partial charge is 0.243 e. The number of hydrogen-bond acceptors (Lipinski definition) is 5. The molecule has 25 heavy (non-hydrogen) atoms. The van der Waals surface area contributed by atoms with E-state index in [9.17, 15) is 8.42 Å². The van der Waals surface area contributed by atoms with Crippen LogP contribution < -0.4 is 5.73 Å². The van der Waals surface area contributed by atoms with Gasteiger partial charge in [-0.1, -0.05) is 12.1 Å². The van der Waals surface area contributed by atoms with Crippen molar-refractivity contribution < 1.29 is 12.8 Å². The zero-order valence-electron chi connectivity index (χ0n) is 14.0. The third-order valence-corrected chi connectivity index (χ3v) is 7.13. The van der Waals surface area contributed by atoms with E-state index in [1.807, 2.05) is 0 Å². The lowest BCUT2D eigenvalue weighted by molar-refractivity contribution is 0.427. The molecule has 0 spiro atoms. The van der Waals surface area contributed by atoms with Crippen molar-refractivity contribution in [2.45, 2.75) is 30.7 Å². The lowest BCUT2D eigenvalue weighted by Gasteiger charge is -2.18. The van der Waals surface area contributed by atoms with Crippen molar-refractivity contribution in [1.29, 1.82) is 0 Å². The molecule has 1 saturated heterocycles. The van der Waals surface area contributed by atoms with Gasteiger partial charge in [-0.3, -0.25) is 0 Å². The largest absolute Gasteiger partial charge is 0.449 e. The van der Waals surface area contributed by atoms with Gasteiger partial charge in [-0.05, 0) is 36.8 Å². The molecule has 2 heterocycles. The molecule has 1 saturated carbocycles. The molecule has 6 nitrogen and oxygen atoms in total. The van der Waals surface area contributed by atoms with Crippen molar-refractivity contribution in [3.63, 3.8) is 0 Å². The molecule has 1 aromatic heterocycles. The van der Waals surface area contributed by atoms with E-state index in [2.05, 4.69) is 4.98 Å². The number of nitrogens with two attached hydrogens (primary N) is 1. The SMILES string of the molecule is Cc1nc(-c2ccc(S(=O)(=O)N3CC4CCC(N)C4C3)cc2)co1.Cl. The first-order valence-corrected chi connectivity index (χ1v) is 9.67. The van der Waals surface area contributed by atoms with E-state index >= 15 is 0 Å². The van der Waals surface area contributed by atoms with Crippen LogP contribution in [0, 0.1) is 18.8 Å². The van der Waals surface area contributed by atoms with Gasteiger partial charge in [-0.15, -0.1) is 12.4 Å². The minimum atomic E-state index is -3.46. The van der Waals surface area contributed by atoms with Crippen LogP contribution in [0.3, 0.4) is 0 Å². The normalized spacial score (nSPS) is 26.4. The second-order valence-corrected chi connectivity index (χ2v) is 8.70. The topological polar surface area (TPSA) is 89.4 Å². The number of aromatic nitrogens is 1. The summed E-state index contributed by atoms with van der Waals surface area (Å²) in [5.74, 6) is 1.30. The lowest BCUT2D eigenvalue weighted by atomic mass is 9.98. The number of fused-ring (bicyclic) bond motifs is 1. The number of sulfonamides is 1. The Labute approximate surface area is 153 Å². The van der Waals surface area contributed by atoms with Crippen LogP contribution in [-0.2, 0) is 10.0 Å². The average molecular weight is 384 g/mol. The van der Waals surface area contributed by atoms with Gasteiger partial charge in [0.25, 0.3) is 0 Å². The van der Waals surface area contributed by atoms with Crippen LogP contribution in [0.15, 0.2) is 39.8 Å². The highest BCUT2D eigenvalue weighted by molar-refractivity contribution is 7.89. The van der Waals surface area contributed by atoms with Crippen molar-refractivity contribution in [2.75, 3.05) is 13.1 Å². The molecular formula is C17H22ClN3O3S. The Balaban J connectivity index is 0.00000182. The lowest BCUT2D eigenvalue weighted by Crippen LogP contribution is -2.33. The molecule has 2 aromatic rings. The molecule has 0 radical (unpaired) electrons. The van der Waals surface area contributed by atoms with Gasteiger partial charge in [-0.2, -0.15) is 4.31 Å². The molecule has 136 valence electrons. The van der Waals surface area contributed by atoms with Crippen LogP contribution in [0.4, 0.5) is 0 Å². The Bertz CT molecular complexity index is 850. The summed E-state index contributed by atoms with van der Waals surface area (Å²) in [7, 11) is -3.46. The predicted molar refractivity (Wildman–Crippen MR) is 96.9 cm³/mol. The molecule has 2 fully saturated rings. The minimum Gasteiger partial charge on any atom is -0.449 e. The molecule has 3 unspecified atom stereocenters. The Morgan fingerprint density at radius 2 is 1.92 bits per heavy atom. The van der Waals surface area contributed by atoms with E-state index in [0.29, 0.717) is 41.4 Å². The summed E-state index contributed by atoms with van der Waals surface area (Å²) < 4.78 is 32.5. The van der Waals surface area contributed by atoms with Crippen molar-refractivity contribution in [2.24, 2.45) is 17.6 Å². The molecule has 4 rings (SSSR count). The molecule has 0 bridgehead atoms. The fourth-order valence-electron chi connectivity index (χ4n) is 3.91. The van der Waals surface area contributed by atoms with Crippen molar-refractivity contribution in [1.82, 2.24) is 9.29 Å². The van der Waals surface area contributed by atoms with E-state index in [1.165, 1.54) is 0 Å². The molecule has 3 atom stereocenters. The van der Waals surface area contributed by atoms with Gasteiger partial charge in [0, 0.05) is 31.6 Å². The minimum absolute atomic E-state index is 0. The first-order valence-electron chi connectivity index (χ1n) is 8.23. The maximum absolute atomic E-state index is 12.9. The second-order valence-electron chi connectivity index (χ2n) is 6.76. The number of nitrogens with zero attached hydrogens (tertiary/aromatic N) is 2. The first-order chi connectivity index (χ1) is 11.4. The summed E-state index contributed by atoms with van der Waals surface area (Å²) in [6.45, 7) is 2.90. The monoisotopic (exact) mass is 383 g/mol. The van der Waals surface area contributed by atoms with E-state index in [1.54, 1.807) is 41.8 Å². The zero-order chi connectivity index (χ0) is 16.9. The fourth-order valence-corrected chi connectivity index (χ4v) is 5.44. The van der Waals surface area contributed by atoms with Crippen molar-refractivity contribution >= 4 is 22.4 Å². The Kier molecular flexibility index (Phi) is 4.94. The standard InChI is InChI=1S/C17H21N3O3S.ClH/c1-11-19-17(10-23-11)12-2-5-14(6-3-12)24(21,22)20-8-13-4-7-16(18)15(13)9-20;/h2-3,5-6,10,13,15-16H,4,7-9,18H2,1H3;1H. The van der Waals surface area contributed by atoms with Gasteiger partial charge in [-0.25, -0.2) is 13.4 Å². The van der Waals surface area contributed by atoms with Crippen molar-refractivity contribution in [3.8, 4) is 11.3 Å². The molecule has 1 aliphatic carbocycles. The highest BCUT2D eigenvalue weighted by atomic mass is 35.5. The second kappa shape index (κ2) is 6.72. The summed E-state index contributed by atoms with van der Waals surface area (Å²) in [6.07, 6.45) is 3.61. The highest BCUT2D eigenvalue weighted by Gasteiger charge is 2.44. The van der Waals surface area contributed by atoms with E-state index in [0.717, 1.165) is 18.4 Å². The third kappa shape index (κ3) is 3.21. The summed E-state index contributed by atoms with van der Waals surface area (Å²) in [6, 6.07) is 6.96. The van der Waals surface area contributed by atoms with E-state index in [4.69, 9.17) is 10.2 Å². The molecule has 2 aliphatic rings. The summed E-state index contributed by atoms with van der Waals surface area (Å²) in [4.78, 5) is 4.58. The Morgan fingerprint density at radius 1 is 1.20 bits per heavy atom. The molecule has 0 amide bonds. The van der Waals surface area contributed by atoms with Crippen LogP contribution >= 0.6 is 12.4 Å². The van der Waals surface area contributed by atoms with Crippen LogP contribution in [-0.4, -0.2) is 36.8 Å². The number of oxazole rings is 1. The van der Waals surface area contributed by atoms with Gasteiger partial charge in [0.05, 0.1) is 4.90 Å². The van der Waals surface area contributed by atoms with Gasteiger partial charge >= 0.3 is 0 Å². The van der Waals surface area contributed by atoms with Gasteiger partial charge in [0.2, 0.25) is 10.0 Å². The maximum Gasteiger partial charge on any atom is 0.243 e. The van der Waals surface area contributed by atoms with Crippen LogP contribution in [0.1, 0.15) is 18.7 Å². The van der Waals surface area contributed by atoms with E-state index in [-0.39, 0.29) is 18.4 Å². The Hall–Kier alpha value is -1.41. The molecule has 2 N–H and O–H groups in total. The van der Waals surface area contributed by atoms with Crippen LogP contribution in [0.25, 0.3) is 11.3 Å². The molecular weight excluding hydrogens is 362 g/mol. The number of benzene rings is 1. The number of rotatable bonds is 3. The van der Waals surface area contributed by atoms with Crippen molar-refractivity contribution in [3.05, 3.63) is 36.4 Å². The van der Waals surface area contributed by atoms with E-state index < -0.39 is 10.0 Å². The predicted octanol–water partition coefficient (Wildman–Crippen LogP) is 2.43. The quantitative estimate of drug-likeness (QED) is 0.879. The molecule has 1 aromatic carbocycles. The Morgan fingerprint density at radius 3 is 2.52 bits per heavy atom. The number of hydrogen-bond donors (Lipinski definition) is 1.